The Morgan fingerprint density at radius 1 is 1.52 bits per heavy atom. The second-order valence-corrected chi connectivity index (χ2v) is 10.2. The average molecular weight is 529 g/mol. The predicted molar refractivity (Wildman–Crippen MR) is 118 cm³/mol. The lowest BCUT2D eigenvalue weighted by Gasteiger charge is -2.25. The molecule has 0 saturated carbocycles. The molecule has 10 heteroatoms. The fraction of sp³-hybridized carbons (Fsp3) is 0.706. The van der Waals surface area contributed by atoms with Crippen LogP contribution in [0.4, 0.5) is 0 Å². The number of aliphatic imine (C=N–C) groups is 1. The number of nitrogens with zero attached hydrogens (tertiary/aromatic N) is 2. The van der Waals surface area contributed by atoms with Crippen molar-refractivity contribution in [2.75, 3.05) is 45.1 Å². The predicted octanol–water partition coefficient (Wildman–Crippen LogP) is 1.58. The maximum atomic E-state index is 12.3. The summed E-state index contributed by atoms with van der Waals surface area (Å²) in [4.78, 5) is 6.69. The highest BCUT2D eigenvalue weighted by atomic mass is 127. The van der Waals surface area contributed by atoms with Crippen molar-refractivity contribution in [3.05, 3.63) is 17.5 Å². The molecule has 2 saturated heterocycles. The summed E-state index contributed by atoms with van der Waals surface area (Å²) >= 11 is 1.17. The van der Waals surface area contributed by atoms with E-state index >= 15 is 0 Å². The summed E-state index contributed by atoms with van der Waals surface area (Å²) in [5.41, 5.74) is 0.220. The van der Waals surface area contributed by atoms with Gasteiger partial charge in [-0.2, -0.15) is 0 Å². The third-order valence-corrected chi connectivity index (χ3v) is 8.21. The van der Waals surface area contributed by atoms with E-state index < -0.39 is 15.9 Å². The molecule has 27 heavy (non-hydrogen) atoms. The summed E-state index contributed by atoms with van der Waals surface area (Å²) < 4.78 is 30.4. The van der Waals surface area contributed by atoms with Gasteiger partial charge in [0, 0.05) is 31.7 Å². The Kier molecular flexibility index (Phi) is 8.34. The summed E-state index contributed by atoms with van der Waals surface area (Å²) in [6.07, 6.45) is 1.12. The van der Waals surface area contributed by atoms with E-state index in [9.17, 15) is 13.5 Å². The highest BCUT2D eigenvalue weighted by molar-refractivity contribution is 14.0. The van der Waals surface area contributed by atoms with Gasteiger partial charge in [-0.1, -0.05) is 6.07 Å². The van der Waals surface area contributed by atoms with Gasteiger partial charge >= 0.3 is 0 Å². The molecule has 0 radical (unpaired) electrons. The maximum absolute atomic E-state index is 12.3. The quantitative estimate of drug-likeness (QED) is 0.331. The van der Waals surface area contributed by atoms with Gasteiger partial charge in [-0.3, -0.25) is 4.99 Å². The SMILES string of the molecule is CCNC(=NCC(O)CS(=O)(=O)c1cccs1)N1CCC2(CCOC2)C1.I. The molecule has 0 bridgehead atoms. The lowest BCUT2D eigenvalue weighted by Crippen LogP contribution is -2.42. The van der Waals surface area contributed by atoms with Crippen LogP contribution < -0.4 is 5.32 Å². The molecule has 2 fully saturated rings. The van der Waals surface area contributed by atoms with Crippen molar-refractivity contribution in [1.82, 2.24) is 10.2 Å². The van der Waals surface area contributed by atoms with Crippen molar-refractivity contribution in [2.45, 2.75) is 30.1 Å². The first-order valence-electron chi connectivity index (χ1n) is 8.99. The fourth-order valence-electron chi connectivity index (χ4n) is 3.53. The van der Waals surface area contributed by atoms with E-state index in [1.807, 2.05) is 6.92 Å². The van der Waals surface area contributed by atoms with Crippen LogP contribution in [0.2, 0.25) is 0 Å². The van der Waals surface area contributed by atoms with E-state index in [1.165, 1.54) is 11.3 Å². The molecule has 2 unspecified atom stereocenters. The molecule has 3 rings (SSSR count). The van der Waals surface area contributed by atoms with Crippen molar-refractivity contribution in [1.29, 1.82) is 0 Å². The van der Waals surface area contributed by atoms with E-state index in [4.69, 9.17) is 4.74 Å². The number of aliphatic hydroxyl groups excluding tert-OH is 1. The molecule has 1 aromatic rings. The average Bonchev–Trinajstić information content (AvgIpc) is 3.35. The maximum Gasteiger partial charge on any atom is 0.194 e. The first-order chi connectivity index (χ1) is 12.4. The van der Waals surface area contributed by atoms with Crippen LogP contribution in [0.15, 0.2) is 26.7 Å². The number of likely N-dealkylation sites (tertiary alicyclic amines) is 1. The van der Waals surface area contributed by atoms with E-state index in [2.05, 4.69) is 15.2 Å². The van der Waals surface area contributed by atoms with Gasteiger partial charge in [0.25, 0.3) is 0 Å². The monoisotopic (exact) mass is 529 g/mol. The minimum Gasteiger partial charge on any atom is -0.390 e. The molecular weight excluding hydrogens is 501 g/mol. The van der Waals surface area contributed by atoms with Gasteiger partial charge < -0.3 is 20.1 Å². The van der Waals surface area contributed by atoms with Crippen LogP contribution in [-0.2, 0) is 14.6 Å². The summed E-state index contributed by atoms with van der Waals surface area (Å²) in [7, 11) is -3.46. The molecule has 2 aliphatic rings. The van der Waals surface area contributed by atoms with Gasteiger partial charge in [-0.05, 0) is 31.2 Å². The van der Waals surface area contributed by atoms with Crippen LogP contribution in [-0.4, -0.2) is 75.6 Å². The van der Waals surface area contributed by atoms with E-state index in [0.29, 0.717) is 0 Å². The highest BCUT2D eigenvalue weighted by Gasteiger charge is 2.42. The number of guanidine groups is 1. The lowest BCUT2D eigenvalue weighted by atomic mass is 9.87. The van der Waals surface area contributed by atoms with Crippen molar-refractivity contribution in [3.63, 3.8) is 0 Å². The molecule has 1 spiro atoms. The molecule has 3 heterocycles. The third-order valence-electron chi connectivity index (χ3n) is 4.92. The number of hydrogen-bond donors (Lipinski definition) is 2. The van der Waals surface area contributed by atoms with Crippen LogP contribution in [0, 0.1) is 5.41 Å². The summed E-state index contributed by atoms with van der Waals surface area (Å²) in [5, 5.41) is 15.2. The lowest BCUT2D eigenvalue weighted by molar-refractivity contribution is 0.156. The van der Waals surface area contributed by atoms with Crippen LogP contribution in [0.1, 0.15) is 19.8 Å². The molecule has 154 valence electrons. The largest absolute Gasteiger partial charge is 0.390 e. The number of hydrogen-bond acceptors (Lipinski definition) is 6. The van der Waals surface area contributed by atoms with Crippen molar-refractivity contribution in [3.8, 4) is 0 Å². The molecule has 0 aromatic carbocycles. The number of thiophene rings is 1. The second-order valence-electron chi connectivity index (χ2n) is 7.04. The normalized spacial score (nSPS) is 24.2. The minimum absolute atomic E-state index is 0. The second kappa shape index (κ2) is 9.86. The Hall–Kier alpha value is -0.430. The van der Waals surface area contributed by atoms with Crippen molar-refractivity contribution < 1.29 is 18.3 Å². The summed E-state index contributed by atoms with van der Waals surface area (Å²) in [5.74, 6) is 0.428. The van der Waals surface area contributed by atoms with Gasteiger partial charge in [-0.25, -0.2) is 8.42 Å². The number of sulfone groups is 1. The molecule has 7 nitrogen and oxygen atoms in total. The zero-order valence-electron chi connectivity index (χ0n) is 15.5. The third kappa shape index (κ3) is 5.78. The Bertz CT molecular complexity index is 719. The Balaban J connectivity index is 0.00000261. The topological polar surface area (TPSA) is 91.2 Å². The standard InChI is InChI=1S/C17H27N3O4S2.HI/c1-2-18-16(20-7-5-17(12-20)6-8-24-13-17)19-10-14(21)11-26(22,23)15-4-3-9-25-15;/h3-4,9,14,21H,2,5-8,10-13H2,1H3,(H,18,19);1H. The van der Waals surface area contributed by atoms with Crippen molar-refractivity contribution in [2.24, 2.45) is 10.4 Å². The van der Waals surface area contributed by atoms with Crippen molar-refractivity contribution >= 4 is 51.1 Å². The molecule has 0 aliphatic carbocycles. The van der Waals surface area contributed by atoms with Gasteiger partial charge in [0.15, 0.2) is 15.8 Å². The first kappa shape index (κ1) is 22.9. The van der Waals surface area contributed by atoms with Gasteiger partial charge in [0.1, 0.15) is 4.21 Å². The summed E-state index contributed by atoms with van der Waals surface area (Å²) in [6.45, 7) is 6.19. The van der Waals surface area contributed by atoms with E-state index in [0.717, 1.165) is 51.6 Å². The Labute approximate surface area is 182 Å². The van der Waals surface area contributed by atoms with E-state index in [-0.39, 0.29) is 45.9 Å². The number of rotatable bonds is 6. The first-order valence-corrected chi connectivity index (χ1v) is 11.5. The molecule has 2 aliphatic heterocycles. The summed E-state index contributed by atoms with van der Waals surface area (Å²) in [6, 6.07) is 3.26. The van der Waals surface area contributed by atoms with Gasteiger partial charge in [-0.15, -0.1) is 35.3 Å². The molecule has 1 aromatic heterocycles. The van der Waals surface area contributed by atoms with Crippen LogP contribution in [0.25, 0.3) is 0 Å². The molecule has 0 amide bonds. The highest BCUT2D eigenvalue weighted by Crippen LogP contribution is 2.38. The van der Waals surface area contributed by atoms with E-state index in [1.54, 1.807) is 17.5 Å². The van der Waals surface area contributed by atoms with Crippen LogP contribution in [0.3, 0.4) is 0 Å². The molecule has 2 N–H and O–H groups in total. The van der Waals surface area contributed by atoms with Crippen LogP contribution in [0.5, 0.6) is 0 Å². The number of aliphatic hydroxyl groups is 1. The zero-order valence-corrected chi connectivity index (χ0v) is 19.4. The minimum atomic E-state index is -3.46. The zero-order chi connectivity index (χ0) is 18.6. The fourth-order valence-corrected chi connectivity index (χ4v) is 6.00. The number of halogens is 1. The van der Waals surface area contributed by atoms with Crippen LogP contribution >= 0.6 is 35.3 Å². The number of ether oxygens (including phenoxy) is 1. The molecule has 2 atom stereocenters. The van der Waals surface area contributed by atoms with Gasteiger partial charge in [0.05, 0.1) is 25.0 Å². The van der Waals surface area contributed by atoms with Gasteiger partial charge in [0.2, 0.25) is 0 Å². The number of nitrogens with one attached hydrogen (secondary N) is 1. The Morgan fingerprint density at radius 2 is 2.33 bits per heavy atom. The molecular formula is C17H28IN3O4S2. The Morgan fingerprint density at radius 3 is 2.96 bits per heavy atom. The smallest absolute Gasteiger partial charge is 0.194 e.